The standard InChI is InChI=1S/C21H20N2S/c24-21-18-13-7-8-14-19(18)23(15-16-9-3-1-4-10-16)20(22-21)17-11-5-2-6-12-17/h1-6,9-12H,7-8,13-15H2. The molecule has 0 spiro atoms. The zero-order valence-electron chi connectivity index (χ0n) is 13.6. The maximum atomic E-state index is 5.63. The van der Waals surface area contributed by atoms with Crippen LogP contribution in [0.3, 0.4) is 0 Å². The Morgan fingerprint density at radius 2 is 1.54 bits per heavy atom. The first-order valence-corrected chi connectivity index (χ1v) is 8.96. The van der Waals surface area contributed by atoms with Crippen molar-refractivity contribution in [3.63, 3.8) is 0 Å². The molecule has 3 aromatic rings. The van der Waals surface area contributed by atoms with Gasteiger partial charge in [0, 0.05) is 23.4 Å². The Kier molecular flexibility index (Phi) is 4.26. The number of hydrogen-bond donors (Lipinski definition) is 0. The Morgan fingerprint density at radius 1 is 0.875 bits per heavy atom. The van der Waals surface area contributed by atoms with Gasteiger partial charge in [-0.2, -0.15) is 0 Å². The van der Waals surface area contributed by atoms with Gasteiger partial charge in [0.1, 0.15) is 10.5 Å². The molecule has 3 heteroatoms. The van der Waals surface area contributed by atoms with E-state index in [9.17, 15) is 0 Å². The van der Waals surface area contributed by atoms with Gasteiger partial charge in [-0.25, -0.2) is 4.98 Å². The molecule has 0 fully saturated rings. The van der Waals surface area contributed by atoms with Crippen LogP contribution in [0, 0.1) is 4.64 Å². The second-order valence-electron chi connectivity index (χ2n) is 6.31. The maximum absolute atomic E-state index is 5.63. The molecule has 1 aliphatic carbocycles. The van der Waals surface area contributed by atoms with E-state index in [0.717, 1.165) is 35.4 Å². The number of aromatic nitrogens is 2. The van der Waals surface area contributed by atoms with E-state index in [4.69, 9.17) is 17.2 Å². The van der Waals surface area contributed by atoms with E-state index >= 15 is 0 Å². The van der Waals surface area contributed by atoms with E-state index in [1.54, 1.807) is 0 Å². The molecule has 2 nitrogen and oxygen atoms in total. The van der Waals surface area contributed by atoms with E-state index in [-0.39, 0.29) is 0 Å². The van der Waals surface area contributed by atoms with Crippen LogP contribution in [-0.2, 0) is 19.4 Å². The van der Waals surface area contributed by atoms with Crippen LogP contribution in [0.5, 0.6) is 0 Å². The van der Waals surface area contributed by atoms with Gasteiger partial charge in [-0.1, -0.05) is 72.9 Å². The number of benzene rings is 2. The van der Waals surface area contributed by atoms with Crippen molar-refractivity contribution in [2.45, 2.75) is 32.2 Å². The Hall–Kier alpha value is -2.26. The van der Waals surface area contributed by atoms with Gasteiger partial charge in [0.05, 0.1) is 0 Å². The van der Waals surface area contributed by atoms with Gasteiger partial charge in [-0.15, -0.1) is 0 Å². The van der Waals surface area contributed by atoms with E-state index < -0.39 is 0 Å². The van der Waals surface area contributed by atoms with Crippen molar-refractivity contribution in [1.29, 1.82) is 0 Å². The Balaban J connectivity index is 1.92. The molecule has 0 radical (unpaired) electrons. The second-order valence-corrected chi connectivity index (χ2v) is 6.70. The molecule has 1 aliphatic rings. The molecule has 2 aromatic carbocycles. The summed E-state index contributed by atoms with van der Waals surface area (Å²) in [5.41, 5.74) is 5.09. The molecule has 0 saturated carbocycles. The average molecular weight is 332 g/mol. The van der Waals surface area contributed by atoms with Gasteiger partial charge in [0.25, 0.3) is 0 Å². The summed E-state index contributed by atoms with van der Waals surface area (Å²) in [5, 5.41) is 0. The van der Waals surface area contributed by atoms with Crippen LogP contribution in [0.15, 0.2) is 60.7 Å². The van der Waals surface area contributed by atoms with Crippen LogP contribution < -0.4 is 0 Å². The van der Waals surface area contributed by atoms with Crippen molar-refractivity contribution in [1.82, 2.24) is 9.55 Å². The van der Waals surface area contributed by atoms with Crippen molar-refractivity contribution in [2.24, 2.45) is 0 Å². The Bertz CT molecular complexity index is 898. The molecular formula is C21H20N2S. The number of rotatable bonds is 3. The average Bonchev–Trinajstić information content (AvgIpc) is 2.65. The summed E-state index contributed by atoms with van der Waals surface area (Å²) in [7, 11) is 0. The van der Waals surface area contributed by atoms with E-state index in [0.29, 0.717) is 0 Å². The lowest BCUT2D eigenvalue weighted by atomic mass is 9.96. The van der Waals surface area contributed by atoms with Crippen LogP contribution in [-0.4, -0.2) is 9.55 Å². The zero-order chi connectivity index (χ0) is 16.4. The fourth-order valence-electron chi connectivity index (χ4n) is 3.51. The summed E-state index contributed by atoms with van der Waals surface area (Å²) in [4.78, 5) is 4.83. The molecule has 0 aliphatic heterocycles. The van der Waals surface area contributed by atoms with Crippen LogP contribution in [0.1, 0.15) is 29.7 Å². The van der Waals surface area contributed by atoms with Crippen molar-refractivity contribution < 1.29 is 0 Å². The summed E-state index contributed by atoms with van der Waals surface area (Å²) in [5.74, 6) is 0.991. The number of fused-ring (bicyclic) bond motifs is 1. The fourth-order valence-corrected chi connectivity index (χ4v) is 3.82. The molecule has 0 N–H and O–H groups in total. The van der Waals surface area contributed by atoms with Gasteiger partial charge in [-0.3, -0.25) is 0 Å². The third-order valence-electron chi connectivity index (χ3n) is 4.70. The molecule has 120 valence electrons. The third-order valence-corrected chi connectivity index (χ3v) is 5.04. The third kappa shape index (κ3) is 2.92. The maximum Gasteiger partial charge on any atom is 0.142 e. The highest BCUT2D eigenvalue weighted by atomic mass is 32.1. The van der Waals surface area contributed by atoms with Crippen LogP contribution in [0.25, 0.3) is 11.4 Å². The van der Waals surface area contributed by atoms with E-state index in [1.807, 2.05) is 6.07 Å². The van der Waals surface area contributed by atoms with Crippen molar-refractivity contribution in [3.8, 4) is 11.4 Å². The van der Waals surface area contributed by atoms with Crippen LogP contribution in [0.4, 0.5) is 0 Å². The highest BCUT2D eigenvalue weighted by Gasteiger charge is 2.19. The van der Waals surface area contributed by atoms with Gasteiger partial charge >= 0.3 is 0 Å². The molecule has 0 bridgehead atoms. The summed E-state index contributed by atoms with van der Waals surface area (Å²) >= 11 is 5.63. The predicted molar refractivity (Wildman–Crippen MR) is 101 cm³/mol. The van der Waals surface area contributed by atoms with E-state index in [2.05, 4.69) is 59.2 Å². The summed E-state index contributed by atoms with van der Waals surface area (Å²) < 4.78 is 3.17. The molecule has 4 rings (SSSR count). The van der Waals surface area contributed by atoms with Crippen molar-refractivity contribution in [2.75, 3.05) is 0 Å². The minimum absolute atomic E-state index is 0.785. The van der Waals surface area contributed by atoms with Crippen LogP contribution >= 0.6 is 12.2 Å². The van der Waals surface area contributed by atoms with Gasteiger partial charge < -0.3 is 4.57 Å². The minimum atomic E-state index is 0.785. The lowest BCUT2D eigenvalue weighted by Gasteiger charge is -2.24. The molecule has 24 heavy (non-hydrogen) atoms. The first kappa shape index (κ1) is 15.3. The lowest BCUT2D eigenvalue weighted by molar-refractivity contribution is 0.604. The topological polar surface area (TPSA) is 17.8 Å². The fraction of sp³-hybridized carbons (Fsp3) is 0.238. The van der Waals surface area contributed by atoms with Gasteiger partial charge in [0.2, 0.25) is 0 Å². The predicted octanol–water partition coefficient (Wildman–Crippen LogP) is 5.21. The van der Waals surface area contributed by atoms with E-state index in [1.165, 1.54) is 29.7 Å². The van der Waals surface area contributed by atoms with Crippen molar-refractivity contribution >= 4 is 12.2 Å². The Labute approximate surface area is 147 Å². The first-order chi connectivity index (χ1) is 11.8. The summed E-state index contributed by atoms with van der Waals surface area (Å²) in [6, 6.07) is 21.0. The number of hydrogen-bond acceptors (Lipinski definition) is 2. The largest absolute Gasteiger partial charge is 0.325 e. The number of nitrogens with zero attached hydrogens (tertiary/aromatic N) is 2. The highest BCUT2D eigenvalue weighted by molar-refractivity contribution is 7.71. The normalized spacial score (nSPS) is 13.5. The van der Waals surface area contributed by atoms with Crippen LogP contribution in [0.2, 0.25) is 0 Å². The van der Waals surface area contributed by atoms with Gasteiger partial charge in [0.15, 0.2) is 0 Å². The SMILES string of the molecule is S=c1nc(-c2ccccc2)n(Cc2ccccc2)c2c1CCCC2. The monoisotopic (exact) mass is 332 g/mol. The van der Waals surface area contributed by atoms with Crippen molar-refractivity contribution in [3.05, 3.63) is 82.1 Å². The summed E-state index contributed by atoms with van der Waals surface area (Å²) in [6.07, 6.45) is 4.60. The molecule has 1 heterocycles. The quantitative estimate of drug-likeness (QED) is 0.613. The molecule has 1 aromatic heterocycles. The Morgan fingerprint density at radius 3 is 2.29 bits per heavy atom. The highest BCUT2D eigenvalue weighted by Crippen LogP contribution is 2.28. The minimum Gasteiger partial charge on any atom is -0.325 e. The first-order valence-electron chi connectivity index (χ1n) is 8.55. The molecule has 0 unspecified atom stereocenters. The second kappa shape index (κ2) is 6.70. The summed E-state index contributed by atoms with van der Waals surface area (Å²) in [6.45, 7) is 0.843. The zero-order valence-corrected chi connectivity index (χ0v) is 14.4. The molecule has 0 saturated heterocycles. The molecule has 0 atom stereocenters. The molecular weight excluding hydrogens is 312 g/mol. The lowest BCUT2D eigenvalue weighted by Crippen LogP contribution is -2.18. The molecule has 0 amide bonds. The van der Waals surface area contributed by atoms with Gasteiger partial charge in [-0.05, 0) is 31.2 Å². The smallest absolute Gasteiger partial charge is 0.142 e.